The summed E-state index contributed by atoms with van der Waals surface area (Å²) in [5.74, 6) is -0.312. The van der Waals surface area contributed by atoms with Gasteiger partial charge in [0, 0.05) is 17.8 Å². The van der Waals surface area contributed by atoms with Crippen LogP contribution in [0.3, 0.4) is 0 Å². The number of furan rings is 1. The number of benzene rings is 1. The average Bonchev–Trinajstić information content (AvgIpc) is 2.90. The van der Waals surface area contributed by atoms with E-state index in [1.807, 2.05) is 24.3 Å². The average molecular weight is 245 g/mol. The van der Waals surface area contributed by atoms with Crippen LogP contribution in [0.25, 0.3) is 0 Å². The molecule has 0 amide bonds. The van der Waals surface area contributed by atoms with Crippen LogP contribution in [-0.4, -0.2) is 12.6 Å². The van der Waals surface area contributed by atoms with Crippen molar-refractivity contribution in [1.29, 1.82) is 0 Å². The van der Waals surface area contributed by atoms with E-state index in [0.717, 1.165) is 11.3 Å². The van der Waals surface area contributed by atoms with E-state index in [0.29, 0.717) is 18.7 Å². The lowest BCUT2D eigenvalue weighted by Gasteiger charge is -2.10. The van der Waals surface area contributed by atoms with Crippen molar-refractivity contribution in [1.82, 2.24) is 0 Å². The summed E-state index contributed by atoms with van der Waals surface area (Å²) >= 11 is 0. The molecule has 0 aliphatic heterocycles. The molecule has 0 unspecified atom stereocenters. The predicted octanol–water partition coefficient (Wildman–Crippen LogP) is 3.07. The van der Waals surface area contributed by atoms with Gasteiger partial charge in [0.25, 0.3) is 0 Å². The molecule has 2 rings (SSSR count). The number of anilines is 1. The van der Waals surface area contributed by atoms with Crippen molar-refractivity contribution in [3.8, 4) is 0 Å². The minimum Gasteiger partial charge on any atom is -0.472 e. The molecule has 0 saturated heterocycles. The predicted molar refractivity (Wildman–Crippen MR) is 68.4 cm³/mol. The zero-order chi connectivity index (χ0) is 12.8. The lowest BCUT2D eigenvalue weighted by atomic mass is 10.1. The lowest BCUT2D eigenvalue weighted by molar-refractivity contribution is 0.0527. The topological polar surface area (TPSA) is 51.5 Å². The molecule has 1 heterocycles. The minimum atomic E-state index is -0.312. The number of esters is 1. The largest absolute Gasteiger partial charge is 0.472 e. The van der Waals surface area contributed by atoms with E-state index in [1.165, 1.54) is 0 Å². The Hall–Kier alpha value is -2.23. The lowest BCUT2D eigenvalue weighted by Crippen LogP contribution is -2.09. The maximum absolute atomic E-state index is 11.7. The number of carbonyl (C=O) groups is 1. The van der Waals surface area contributed by atoms with Gasteiger partial charge in [-0.25, -0.2) is 4.79 Å². The van der Waals surface area contributed by atoms with Crippen molar-refractivity contribution in [3.05, 3.63) is 54.0 Å². The number of hydrogen-bond donors (Lipinski definition) is 1. The summed E-state index contributed by atoms with van der Waals surface area (Å²) in [5.41, 5.74) is 2.33. The molecule has 1 aromatic heterocycles. The SMILES string of the molecule is CCOC(=O)c1ccccc1NCc1ccoc1. The number of hydrogen-bond acceptors (Lipinski definition) is 4. The second-order valence-corrected chi connectivity index (χ2v) is 3.75. The summed E-state index contributed by atoms with van der Waals surface area (Å²) in [6.07, 6.45) is 3.29. The maximum Gasteiger partial charge on any atom is 0.340 e. The number of rotatable bonds is 5. The van der Waals surface area contributed by atoms with Crippen LogP contribution in [0.5, 0.6) is 0 Å². The van der Waals surface area contributed by atoms with Gasteiger partial charge in [-0.2, -0.15) is 0 Å². The minimum absolute atomic E-state index is 0.312. The second kappa shape index (κ2) is 5.91. The molecule has 0 aliphatic rings. The molecule has 94 valence electrons. The molecule has 18 heavy (non-hydrogen) atoms. The monoisotopic (exact) mass is 245 g/mol. The van der Waals surface area contributed by atoms with Gasteiger partial charge in [0.05, 0.1) is 24.7 Å². The summed E-state index contributed by atoms with van der Waals surface area (Å²) in [6, 6.07) is 9.16. The fourth-order valence-corrected chi connectivity index (χ4v) is 1.61. The van der Waals surface area contributed by atoms with Crippen LogP contribution >= 0.6 is 0 Å². The molecule has 1 aromatic carbocycles. The van der Waals surface area contributed by atoms with Crippen molar-refractivity contribution in [2.45, 2.75) is 13.5 Å². The van der Waals surface area contributed by atoms with Crippen molar-refractivity contribution >= 4 is 11.7 Å². The molecular formula is C14H15NO3. The highest BCUT2D eigenvalue weighted by Crippen LogP contribution is 2.17. The van der Waals surface area contributed by atoms with Gasteiger partial charge in [0.1, 0.15) is 0 Å². The molecule has 0 aliphatic carbocycles. The van der Waals surface area contributed by atoms with Gasteiger partial charge in [-0.05, 0) is 25.1 Å². The van der Waals surface area contributed by atoms with Crippen LogP contribution in [0.15, 0.2) is 47.3 Å². The van der Waals surface area contributed by atoms with Crippen LogP contribution < -0.4 is 5.32 Å². The van der Waals surface area contributed by atoms with Gasteiger partial charge in [-0.1, -0.05) is 12.1 Å². The van der Waals surface area contributed by atoms with E-state index in [1.54, 1.807) is 25.5 Å². The van der Waals surface area contributed by atoms with Crippen LogP contribution in [0.1, 0.15) is 22.8 Å². The van der Waals surface area contributed by atoms with Gasteiger partial charge < -0.3 is 14.5 Å². The highest BCUT2D eigenvalue weighted by atomic mass is 16.5. The summed E-state index contributed by atoms with van der Waals surface area (Å²) in [4.78, 5) is 11.7. The van der Waals surface area contributed by atoms with Gasteiger partial charge in [0.2, 0.25) is 0 Å². The number of ether oxygens (including phenoxy) is 1. The highest BCUT2D eigenvalue weighted by molar-refractivity contribution is 5.95. The van der Waals surface area contributed by atoms with Gasteiger partial charge >= 0.3 is 5.97 Å². The Kier molecular flexibility index (Phi) is 4.02. The third-order valence-corrected chi connectivity index (χ3v) is 2.49. The molecule has 0 radical (unpaired) electrons. The van der Waals surface area contributed by atoms with Crippen molar-refractivity contribution in [3.63, 3.8) is 0 Å². The van der Waals surface area contributed by atoms with E-state index in [4.69, 9.17) is 9.15 Å². The zero-order valence-corrected chi connectivity index (χ0v) is 10.2. The van der Waals surface area contributed by atoms with E-state index in [9.17, 15) is 4.79 Å². The fraction of sp³-hybridized carbons (Fsp3) is 0.214. The van der Waals surface area contributed by atoms with Crippen molar-refractivity contribution < 1.29 is 13.9 Å². The van der Waals surface area contributed by atoms with Crippen LogP contribution in [0, 0.1) is 0 Å². The third kappa shape index (κ3) is 2.91. The smallest absolute Gasteiger partial charge is 0.340 e. The van der Waals surface area contributed by atoms with E-state index < -0.39 is 0 Å². The first-order valence-corrected chi connectivity index (χ1v) is 5.82. The summed E-state index contributed by atoms with van der Waals surface area (Å²) in [5, 5.41) is 3.19. The number of carbonyl (C=O) groups excluding carboxylic acids is 1. The third-order valence-electron chi connectivity index (χ3n) is 2.49. The first-order chi connectivity index (χ1) is 8.81. The standard InChI is InChI=1S/C14H15NO3/c1-2-18-14(16)12-5-3-4-6-13(12)15-9-11-7-8-17-10-11/h3-8,10,15H,2,9H2,1H3. The molecule has 0 fully saturated rings. The molecule has 0 spiro atoms. The van der Waals surface area contributed by atoms with Gasteiger partial charge in [-0.15, -0.1) is 0 Å². The Morgan fingerprint density at radius 3 is 2.89 bits per heavy atom. The Labute approximate surface area is 106 Å². The molecule has 2 aromatic rings. The molecule has 4 nitrogen and oxygen atoms in total. The van der Waals surface area contributed by atoms with E-state index >= 15 is 0 Å². The number of nitrogens with one attached hydrogen (secondary N) is 1. The molecular weight excluding hydrogens is 230 g/mol. The van der Waals surface area contributed by atoms with Crippen LogP contribution in [-0.2, 0) is 11.3 Å². The number of para-hydroxylation sites is 1. The Morgan fingerprint density at radius 2 is 2.17 bits per heavy atom. The highest BCUT2D eigenvalue weighted by Gasteiger charge is 2.11. The summed E-state index contributed by atoms with van der Waals surface area (Å²) in [6.45, 7) is 2.77. The van der Waals surface area contributed by atoms with Gasteiger partial charge in [0.15, 0.2) is 0 Å². The summed E-state index contributed by atoms with van der Waals surface area (Å²) in [7, 11) is 0. The molecule has 0 bridgehead atoms. The quantitative estimate of drug-likeness (QED) is 0.822. The first-order valence-electron chi connectivity index (χ1n) is 5.82. The van der Waals surface area contributed by atoms with Crippen molar-refractivity contribution in [2.75, 3.05) is 11.9 Å². The molecule has 4 heteroatoms. The Morgan fingerprint density at radius 1 is 1.33 bits per heavy atom. The van der Waals surface area contributed by atoms with Crippen LogP contribution in [0.2, 0.25) is 0 Å². The van der Waals surface area contributed by atoms with Crippen molar-refractivity contribution in [2.24, 2.45) is 0 Å². The Balaban J connectivity index is 2.09. The fourth-order valence-electron chi connectivity index (χ4n) is 1.61. The normalized spacial score (nSPS) is 10.1. The molecule has 1 N–H and O–H groups in total. The van der Waals surface area contributed by atoms with Crippen LogP contribution in [0.4, 0.5) is 5.69 Å². The summed E-state index contributed by atoms with van der Waals surface area (Å²) < 4.78 is 10.00. The maximum atomic E-state index is 11.7. The van der Waals surface area contributed by atoms with E-state index in [2.05, 4.69) is 5.32 Å². The Bertz CT molecular complexity index is 506. The molecule has 0 saturated carbocycles. The second-order valence-electron chi connectivity index (χ2n) is 3.75. The molecule has 0 atom stereocenters. The first kappa shape index (κ1) is 12.2. The van der Waals surface area contributed by atoms with E-state index in [-0.39, 0.29) is 5.97 Å². The van der Waals surface area contributed by atoms with Gasteiger partial charge in [-0.3, -0.25) is 0 Å². The zero-order valence-electron chi connectivity index (χ0n) is 10.2.